The van der Waals surface area contributed by atoms with E-state index in [2.05, 4.69) is 25.7 Å². The maximum absolute atomic E-state index is 12.4. The van der Waals surface area contributed by atoms with Crippen LogP contribution in [0, 0.1) is 0 Å². The van der Waals surface area contributed by atoms with Gasteiger partial charge in [-0.3, -0.25) is 4.79 Å². The average Bonchev–Trinajstić information content (AvgIpc) is 3.33. The molecule has 0 aliphatic rings. The molecule has 0 radical (unpaired) electrons. The van der Waals surface area contributed by atoms with Crippen LogP contribution in [-0.4, -0.2) is 71.8 Å². The summed E-state index contributed by atoms with van der Waals surface area (Å²) in [4.78, 5) is 23.2. The van der Waals surface area contributed by atoms with Gasteiger partial charge in [-0.15, -0.1) is 0 Å². The summed E-state index contributed by atoms with van der Waals surface area (Å²) in [7, 11) is 7.04. The van der Waals surface area contributed by atoms with Gasteiger partial charge in [0.15, 0.2) is 11.4 Å². The van der Waals surface area contributed by atoms with E-state index in [0.29, 0.717) is 35.2 Å². The maximum Gasteiger partial charge on any atom is 0.258 e. The topological polar surface area (TPSA) is 106 Å². The van der Waals surface area contributed by atoms with Gasteiger partial charge in [0.1, 0.15) is 12.1 Å². The molecule has 0 bridgehead atoms. The van der Waals surface area contributed by atoms with Crippen molar-refractivity contribution in [2.75, 3.05) is 46.7 Å². The number of methoxy groups -OCH3 is 2. The number of hydrogen-bond acceptors (Lipinski definition) is 8. The fourth-order valence-corrected chi connectivity index (χ4v) is 3.42. The van der Waals surface area contributed by atoms with Crippen molar-refractivity contribution in [3.05, 3.63) is 60.6 Å². The normalized spacial score (nSPS) is 11.0. The van der Waals surface area contributed by atoms with Gasteiger partial charge in [-0.2, -0.15) is 10.1 Å². The molecule has 10 heteroatoms. The zero-order chi connectivity index (χ0) is 24.1. The fourth-order valence-electron chi connectivity index (χ4n) is 3.42. The van der Waals surface area contributed by atoms with E-state index in [9.17, 15) is 4.79 Å². The van der Waals surface area contributed by atoms with Crippen molar-refractivity contribution in [1.82, 2.24) is 29.8 Å². The van der Waals surface area contributed by atoms with Gasteiger partial charge in [0.2, 0.25) is 0 Å². The minimum atomic E-state index is -0.0954. The third-order valence-corrected chi connectivity index (χ3v) is 5.20. The van der Waals surface area contributed by atoms with Gasteiger partial charge >= 0.3 is 0 Å². The Bertz CT molecular complexity index is 1290. The van der Waals surface area contributed by atoms with Crippen molar-refractivity contribution in [2.24, 2.45) is 0 Å². The monoisotopic (exact) mass is 461 g/mol. The van der Waals surface area contributed by atoms with Gasteiger partial charge in [0.05, 0.1) is 19.9 Å². The molecule has 176 valence electrons. The minimum Gasteiger partial charge on any atom is -0.491 e. The zero-order valence-electron chi connectivity index (χ0n) is 19.6. The summed E-state index contributed by atoms with van der Waals surface area (Å²) in [5.74, 6) is 1.40. The number of pyridine rings is 2. The van der Waals surface area contributed by atoms with E-state index in [0.717, 1.165) is 23.4 Å². The van der Waals surface area contributed by atoms with Crippen LogP contribution >= 0.6 is 0 Å². The quantitative estimate of drug-likeness (QED) is 0.392. The molecular weight excluding hydrogens is 434 g/mol. The third-order valence-electron chi connectivity index (χ3n) is 5.20. The molecule has 4 aromatic rings. The van der Waals surface area contributed by atoms with E-state index >= 15 is 0 Å². The number of carbonyl (C=O) groups excluding carboxylic acids is 1. The zero-order valence-corrected chi connectivity index (χ0v) is 19.6. The highest BCUT2D eigenvalue weighted by Crippen LogP contribution is 2.30. The molecule has 34 heavy (non-hydrogen) atoms. The Morgan fingerprint density at radius 1 is 1.06 bits per heavy atom. The summed E-state index contributed by atoms with van der Waals surface area (Å²) in [6.45, 7) is 1.38. The molecule has 0 atom stereocenters. The van der Waals surface area contributed by atoms with E-state index in [1.807, 2.05) is 55.5 Å². The molecule has 3 heterocycles. The molecule has 3 aromatic heterocycles. The van der Waals surface area contributed by atoms with E-state index in [1.165, 1.54) is 13.4 Å². The molecule has 0 spiro atoms. The van der Waals surface area contributed by atoms with Crippen LogP contribution in [0.4, 0.5) is 11.5 Å². The van der Waals surface area contributed by atoms with Gasteiger partial charge < -0.3 is 25.0 Å². The molecular formula is C24H27N7O3. The summed E-state index contributed by atoms with van der Waals surface area (Å²) in [6, 6.07) is 13.0. The standard InChI is InChI=1S/C24H27N7O3/c1-30(2)12-11-25-23(32)17-7-5-16(6-8-17)18-13-19(22-26-15-27-31(22)14-18)28-21-10-9-20(33-3)24(29-21)34-4/h5-10,13-15H,11-12H2,1-4H3,(H,25,32)(H,28,29). The van der Waals surface area contributed by atoms with Crippen LogP contribution in [0.2, 0.25) is 0 Å². The van der Waals surface area contributed by atoms with Crippen molar-refractivity contribution >= 4 is 23.1 Å². The van der Waals surface area contributed by atoms with Crippen LogP contribution in [0.25, 0.3) is 16.8 Å². The molecule has 4 rings (SSSR count). The van der Waals surface area contributed by atoms with E-state index in [1.54, 1.807) is 23.8 Å². The van der Waals surface area contributed by atoms with Gasteiger partial charge in [-0.25, -0.2) is 9.50 Å². The lowest BCUT2D eigenvalue weighted by atomic mass is 10.0. The highest BCUT2D eigenvalue weighted by molar-refractivity contribution is 5.94. The number of rotatable bonds is 9. The summed E-state index contributed by atoms with van der Waals surface area (Å²) < 4.78 is 12.3. The number of aromatic nitrogens is 4. The molecule has 1 aromatic carbocycles. The Kier molecular flexibility index (Phi) is 6.88. The highest BCUT2D eigenvalue weighted by Gasteiger charge is 2.12. The van der Waals surface area contributed by atoms with E-state index < -0.39 is 0 Å². The second-order valence-corrected chi connectivity index (χ2v) is 7.84. The van der Waals surface area contributed by atoms with Crippen LogP contribution < -0.4 is 20.1 Å². The molecule has 1 amide bonds. The molecule has 0 saturated heterocycles. The number of amides is 1. The molecule has 0 unspecified atom stereocenters. The first-order chi connectivity index (χ1) is 16.5. The Morgan fingerprint density at radius 3 is 2.56 bits per heavy atom. The van der Waals surface area contributed by atoms with Gasteiger partial charge in [0.25, 0.3) is 11.8 Å². The number of carbonyl (C=O) groups is 1. The molecule has 0 aliphatic heterocycles. The van der Waals surface area contributed by atoms with Gasteiger partial charge in [0, 0.05) is 30.4 Å². The Balaban J connectivity index is 1.59. The van der Waals surface area contributed by atoms with Crippen molar-refractivity contribution < 1.29 is 14.3 Å². The van der Waals surface area contributed by atoms with Crippen molar-refractivity contribution in [3.8, 4) is 22.8 Å². The lowest BCUT2D eigenvalue weighted by molar-refractivity contribution is 0.0951. The first-order valence-corrected chi connectivity index (χ1v) is 10.7. The summed E-state index contributed by atoms with van der Waals surface area (Å²) in [5.41, 5.74) is 3.82. The van der Waals surface area contributed by atoms with Gasteiger partial charge in [-0.1, -0.05) is 12.1 Å². The SMILES string of the molecule is COc1ccc(Nc2cc(-c3ccc(C(=O)NCCN(C)C)cc3)cn3ncnc23)nc1OC. The first-order valence-electron chi connectivity index (χ1n) is 10.7. The largest absolute Gasteiger partial charge is 0.491 e. The lowest BCUT2D eigenvalue weighted by Gasteiger charge is -2.12. The second-order valence-electron chi connectivity index (χ2n) is 7.84. The molecule has 0 aliphatic carbocycles. The average molecular weight is 462 g/mol. The summed E-state index contributed by atoms with van der Waals surface area (Å²) in [6.07, 6.45) is 3.38. The smallest absolute Gasteiger partial charge is 0.258 e. The van der Waals surface area contributed by atoms with Crippen molar-refractivity contribution in [2.45, 2.75) is 0 Å². The Labute approximate surface area is 197 Å². The van der Waals surface area contributed by atoms with Crippen LogP contribution in [0.5, 0.6) is 11.6 Å². The van der Waals surface area contributed by atoms with Gasteiger partial charge in [-0.05, 0) is 50.0 Å². The summed E-state index contributed by atoms with van der Waals surface area (Å²) >= 11 is 0. The second kappa shape index (κ2) is 10.2. The van der Waals surface area contributed by atoms with Crippen LogP contribution in [0.1, 0.15) is 10.4 Å². The number of benzene rings is 1. The minimum absolute atomic E-state index is 0.0954. The molecule has 0 fully saturated rings. The Morgan fingerprint density at radius 2 is 1.85 bits per heavy atom. The summed E-state index contributed by atoms with van der Waals surface area (Å²) in [5, 5.41) is 10.5. The van der Waals surface area contributed by atoms with Crippen molar-refractivity contribution in [1.29, 1.82) is 0 Å². The number of likely N-dealkylation sites (N-methyl/N-ethyl adjacent to an activating group) is 1. The molecule has 0 saturated carbocycles. The highest BCUT2D eigenvalue weighted by atomic mass is 16.5. The number of hydrogen-bond donors (Lipinski definition) is 2. The van der Waals surface area contributed by atoms with Crippen molar-refractivity contribution in [3.63, 3.8) is 0 Å². The van der Waals surface area contributed by atoms with Crippen LogP contribution in [-0.2, 0) is 0 Å². The lowest BCUT2D eigenvalue weighted by Crippen LogP contribution is -2.31. The molecule has 10 nitrogen and oxygen atoms in total. The van der Waals surface area contributed by atoms with Crippen LogP contribution in [0.15, 0.2) is 55.0 Å². The van der Waals surface area contributed by atoms with E-state index in [-0.39, 0.29) is 5.91 Å². The number of nitrogens with one attached hydrogen (secondary N) is 2. The number of nitrogens with zero attached hydrogens (tertiary/aromatic N) is 5. The van der Waals surface area contributed by atoms with E-state index in [4.69, 9.17) is 9.47 Å². The predicted octanol–water partition coefficient (Wildman–Crippen LogP) is 2.84. The van der Waals surface area contributed by atoms with Crippen LogP contribution in [0.3, 0.4) is 0 Å². The maximum atomic E-state index is 12.4. The Hall–Kier alpha value is -4.18. The molecule has 2 N–H and O–H groups in total. The number of anilines is 2. The first kappa shape index (κ1) is 23.0. The predicted molar refractivity (Wildman–Crippen MR) is 130 cm³/mol. The third kappa shape index (κ3) is 5.07. The number of ether oxygens (including phenoxy) is 2. The fraction of sp³-hybridized carbons (Fsp3) is 0.250. The number of fused-ring (bicyclic) bond motifs is 1.